The molecule has 0 spiro atoms. The molecule has 1 fully saturated rings. The molecule has 176 valence electrons. The second-order valence-electron chi connectivity index (χ2n) is 7.71. The van der Waals surface area contributed by atoms with Crippen molar-refractivity contribution in [3.05, 3.63) is 60.2 Å². The molecular formula is C23H28N4O5S. The molecule has 1 aliphatic rings. The molecule has 9 nitrogen and oxygen atoms in total. The SMILES string of the molecule is CN1CCCCC/C1=N\S(=O)(=O)c1cccc(NC(=O)CNC(=O)OCc2ccccc2)c1. The largest absolute Gasteiger partial charge is 0.445 e. The van der Waals surface area contributed by atoms with E-state index in [0.717, 1.165) is 31.4 Å². The van der Waals surface area contributed by atoms with Crippen molar-refractivity contribution in [2.24, 2.45) is 4.40 Å². The highest BCUT2D eigenvalue weighted by Crippen LogP contribution is 2.20. The van der Waals surface area contributed by atoms with E-state index in [1.165, 1.54) is 18.2 Å². The Morgan fingerprint density at radius 1 is 1.06 bits per heavy atom. The Bertz CT molecular complexity index is 1100. The van der Waals surface area contributed by atoms with Crippen molar-refractivity contribution >= 4 is 33.5 Å². The van der Waals surface area contributed by atoms with Gasteiger partial charge in [0.2, 0.25) is 5.91 Å². The minimum Gasteiger partial charge on any atom is -0.445 e. The first kappa shape index (κ1) is 24.2. The summed E-state index contributed by atoms with van der Waals surface area (Å²) in [5, 5.41) is 4.94. The van der Waals surface area contributed by atoms with Crippen LogP contribution in [-0.4, -0.2) is 51.3 Å². The predicted octanol–water partition coefficient (Wildman–Crippen LogP) is 3.14. The third kappa shape index (κ3) is 7.60. The number of alkyl carbamates (subject to hydrolysis) is 1. The van der Waals surface area contributed by atoms with Crippen molar-refractivity contribution in [2.45, 2.75) is 37.2 Å². The van der Waals surface area contributed by atoms with Crippen LogP contribution in [0.15, 0.2) is 63.9 Å². The summed E-state index contributed by atoms with van der Waals surface area (Å²) < 4.78 is 34.7. The van der Waals surface area contributed by atoms with Crippen LogP contribution in [0.1, 0.15) is 31.2 Å². The van der Waals surface area contributed by atoms with Crippen molar-refractivity contribution in [2.75, 3.05) is 25.5 Å². The maximum atomic E-state index is 12.8. The molecule has 0 radical (unpaired) electrons. The molecule has 0 aliphatic carbocycles. The number of sulfonamides is 1. The number of benzene rings is 2. The van der Waals surface area contributed by atoms with Gasteiger partial charge >= 0.3 is 6.09 Å². The number of amidine groups is 1. The smallest absolute Gasteiger partial charge is 0.407 e. The molecule has 2 aromatic carbocycles. The number of carbonyl (C=O) groups is 2. The Morgan fingerprint density at radius 2 is 1.85 bits per heavy atom. The summed E-state index contributed by atoms with van der Waals surface area (Å²) in [4.78, 5) is 25.8. The minimum absolute atomic E-state index is 0.0133. The van der Waals surface area contributed by atoms with Gasteiger partial charge in [0.25, 0.3) is 10.0 Å². The van der Waals surface area contributed by atoms with E-state index in [9.17, 15) is 18.0 Å². The molecule has 0 bridgehead atoms. The monoisotopic (exact) mass is 472 g/mol. The molecule has 0 saturated carbocycles. The second-order valence-corrected chi connectivity index (χ2v) is 9.31. The lowest BCUT2D eigenvalue weighted by molar-refractivity contribution is -0.115. The van der Waals surface area contributed by atoms with Gasteiger partial charge < -0.3 is 20.3 Å². The molecule has 3 rings (SSSR count). The molecule has 0 aromatic heterocycles. The highest BCUT2D eigenvalue weighted by Gasteiger charge is 2.19. The van der Waals surface area contributed by atoms with Crippen LogP contribution in [0.25, 0.3) is 0 Å². The van der Waals surface area contributed by atoms with Gasteiger partial charge in [-0.1, -0.05) is 42.8 Å². The zero-order chi connectivity index (χ0) is 23.7. The number of ether oxygens (including phenoxy) is 1. The lowest BCUT2D eigenvalue weighted by atomic mass is 10.2. The molecule has 0 atom stereocenters. The summed E-state index contributed by atoms with van der Waals surface area (Å²) in [5.74, 6) is 0.0242. The topological polar surface area (TPSA) is 117 Å². The zero-order valence-corrected chi connectivity index (χ0v) is 19.3. The number of hydrogen-bond donors (Lipinski definition) is 2. The quantitative estimate of drug-likeness (QED) is 0.639. The molecule has 2 amide bonds. The van der Waals surface area contributed by atoms with Crippen LogP contribution in [0.2, 0.25) is 0 Å². The molecule has 2 aromatic rings. The van der Waals surface area contributed by atoms with Gasteiger partial charge in [-0.05, 0) is 36.6 Å². The minimum atomic E-state index is -3.92. The zero-order valence-electron chi connectivity index (χ0n) is 18.5. The molecule has 1 saturated heterocycles. The molecule has 1 aliphatic heterocycles. The highest BCUT2D eigenvalue weighted by atomic mass is 32.2. The molecule has 33 heavy (non-hydrogen) atoms. The number of hydrogen-bond acceptors (Lipinski definition) is 5. The summed E-state index contributed by atoms with van der Waals surface area (Å²) in [6.45, 7) is 0.537. The van der Waals surface area contributed by atoms with Gasteiger partial charge in [0.1, 0.15) is 19.0 Å². The van der Waals surface area contributed by atoms with Crippen molar-refractivity contribution in [1.29, 1.82) is 0 Å². The van der Waals surface area contributed by atoms with E-state index in [2.05, 4.69) is 15.0 Å². The van der Waals surface area contributed by atoms with Gasteiger partial charge in [0.05, 0.1) is 4.90 Å². The van der Waals surface area contributed by atoms with E-state index in [4.69, 9.17) is 4.74 Å². The number of nitrogens with zero attached hydrogens (tertiary/aromatic N) is 2. The van der Waals surface area contributed by atoms with Gasteiger partial charge in [0, 0.05) is 25.7 Å². The normalized spacial score (nSPS) is 15.5. The molecule has 1 heterocycles. The van der Waals surface area contributed by atoms with Crippen LogP contribution in [0.3, 0.4) is 0 Å². The Morgan fingerprint density at radius 3 is 2.64 bits per heavy atom. The number of carbonyl (C=O) groups excluding carboxylic acids is 2. The standard InChI is InChI=1S/C23H28N4O5S/c1-27-14-7-3-6-13-21(27)26-33(30,31)20-12-8-11-19(15-20)25-22(28)16-24-23(29)32-17-18-9-4-2-5-10-18/h2,4-5,8-12,15H,3,6-7,13-14,16-17H2,1H3,(H,24,29)(H,25,28)/b26-21+. The molecular weight excluding hydrogens is 444 g/mol. The summed E-state index contributed by atoms with van der Waals surface area (Å²) in [6.07, 6.45) is 2.82. The highest BCUT2D eigenvalue weighted by molar-refractivity contribution is 7.90. The number of amides is 2. The van der Waals surface area contributed by atoms with E-state index in [0.29, 0.717) is 12.3 Å². The third-order valence-corrected chi connectivity index (χ3v) is 6.38. The second kappa shape index (κ2) is 11.5. The van der Waals surface area contributed by atoms with Crippen molar-refractivity contribution in [3.63, 3.8) is 0 Å². The lowest BCUT2D eigenvalue weighted by Gasteiger charge is -2.17. The van der Waals surface area contributed by atoms with Crippen LogP contribution >= 0.6 is 0 Å². The Kier molecular flexibility index (Phi) is 8.42. The van der Waals surface area contributed by atoms with Gasteiger partial charge in [-0.25, -0.2) is 4.79 Å². The van der Waals surface area contributed by atoms with Crippen LogP contribution in [0.4, 0.5) is 10.5 Å². The average Bonchev–Trinajstić information content (AvgIpc) is 3.01. The van der Waals surface area contributed by atoms with Crippen LogP contribution < -0.4 is 10.6 Å². The first-order valence-electron chi connectivity index (χ1n) is 10.7. The Hall–Kier alpha value is -3.40. The first-order chi connectivity index (χ1) is 15.8. The maximum absolute atomic E-state index is 12.8. The molecule has 10 heteroatoms. The van der Waals surface area contributed by atoms with Crippen LogP contribution in [0, 0.1) is 0 Å². The number of rotatable bonds is 7. The van der Waals surface area contributed by atoms with Gasteiger partial charge in [-0.15, -0.1) is 4.40 Å². The first-order valence-corrected chi connectivity index (χ1v) is 12.2. The summed E-state index contributed by atoms with van der Waals surface area (Å²) in [5.41, 5.74) is 1.11. The van der Waals surface area contributed by atoms with Crippen molar-refractivity contribution in [1.82, 2.24) is 10.2 Å². The number of anilines is 1. The van der Waals surface area contributed by atoms with Gasteiger partial charge in [-0.3, -0.25) is 4.79 Å². The van der Waals surface area contributed by atoms with Gasteiger partial charge in [0.15, 0.2) is 0 Å². The summed E-state index contributed by atoms with van der Waals surface area (Å²) in [6, 6.07) is 15.0. The third-order valence-electron chi connectivity index (χ3n) is 5.08. The lowest BCUT2D eigenvalue weighted by Crippen LogP contribution is -2.33. The molecule has 0 unspecified atom stereocenters. The van der Waals surface area contributed by atoms with E-state index < -0.39 is 22.0 Å². The predicted molar refractivity (Wildman–Crippen MR) is 125 cm³/mol. The average molecular weight is 473 g/mol. The number of likely N-dealkylation sites (tertiary alicyclic amines) is 1. The summed E-state index contributed by atoms with van der Waals surface area (Å²) >= 11 is 0. The fourth-order valence-corrected chi connectivity index (χ4v) is 4.44. The number of nitrogens with one attached hydrogen (secondary N) is 2. The van der Waals surface area contributed by atoms with E-state index in [1.807, 2.05) is 42.3 Å². The van der Waals surface area contributed by atoms with Crippen molar-refractivity contribution in [3.8, 4) is 0 Å². The Balaban J connectivity index is 1.55. The molecule has 2 N–H and O–H groups in total. The summed E-state index contributed by atoms with van der Waals surface area (Å²) in [7, 11) is -2.08. The van der Waals surface area contributed by atoms with Crippen molar-refractivity contribution < 1.29 is 22.7 Å². The van der Waals surface area contributed by atoms with Crippen LogP contribution in [-0.2, 0) is 26.2 Å². The van der Waals surface area contributed by atoms with E-state index in [1.54, 1.807) is 6.07 Å². The fourth-order valence-electron chi connectivity index (χ4n) is 3.30. The van der Waals surface area contributed by atoms with E-state index >= 15 is 0 Å². The Labute approximate surface area is 193 Å². The van der Waals surface area contributed by atoms with E-state index in [-0.39, 0.29) is 23.7 Å². The van der Waals surface area contributed by atoms with Gasteiger partial charge in [-0.2, -0.15) is 8.42 Å². The maximum Gasteiger partial charge on any atom is 0.407 e. The fraction of sp³-hybridized carbons (Fsp3) is 0.348. The van der Waals surface area contributed by atoms with Crippen LogP contribution in [0.5, 0.6) is 0 Å².